The summed E-state index contributed by atoms with van der Waals surface area (Å²) in [5.74, 6) is -0.0727. The molecule has 1 aliphatic rings. The van der Waals surface area contributed by atoms with Crippen LogP contribution < -0.4 is 10.2 Å². The third kappa shape index (κ3) is 19.9. The summed E-state index contributed by atoms with van der Waals surface area (Å²) in [5.41, 5.74) is 6.61. The number of fused-ring (bicyclic) bond motifs is 5. The van der Waals surface area contributed by atoms with Crippen molar-refractivity contribution in [1.29, 1.82) is 0 Å². The van der Waals surface area contributed by atoms with Crippen LogP contribution in [-0.4, -0.2) is 125 Å². The maximum Gasteiger partial charge on any atom is 0.329 e. The molecule has 3 aromatic rings. The molecule has 55 heavy (non-hydrogen) atoms. The first-order valence-corrected chi connectivity index (χ1v) is 20.0. The summed E-state index contributed by atoms with van der Waals surface area (Å²) < 4.78 is 33.1. The minimum Gasteiger partial charge on any atom is -0.400 e. The molecule has 1 amide bonds. The predicted octanol–water partition coefficient (Wildman–Crippen LogP) is 5.42. The highest BCUT2D eigenvalue weighted by atomic mass is 31.2. The van der Waals surface area contributed by atoms with Gasteiger partial charge in [0.2, 0.25) is 5.91 Å². The molecule has 0 saturated heterocycles. The number of ether oxygens (including phenoxy) is 4. The molecule has 1 atom stereocenters. The minimum absolute atomic E-state index is 0.0727. The van der Waals surface area contributed by atoms with Crippen LogP contribution in [0.25, 0.3) is 22.5 Å². The van der Waals surface area contributed by atoms with Gasteiger partial charge in [0.25, 0.3) is 0 Å². The van der Waals surface area contributed by atoms with E-state index < -0.39 is 8.60 Å². The lowest BCUT2D eigenvalue weighted by Gasteiger charge is -2.26. The van der Waals surface area contributed by atoms with Crippen LogP contribution in [0, 0.1) is 0 Å². The molecule has 4 rings (SSSR count). The molecular weight excluding hydrogens is 729 g/mol. The molecule has 1 unspecified atom stereocenters. The normalized spacial score (nSPS) is 11.7. The number of benzene rings is 2. The smallest absolute Gasteiger partial charge is 0.329 e. The number of anilines is 1. The van der Waals surface area contributed by atoms with Crippen LogP contribution in [0.15, 0.2) is 48.5 Å². The highest BCUT2D eigenvalue weighted by Gasteiger charge is 2.25. The van der Waals surface area contributed by atoms with E-state index in [1.54, 1.807) is 7.11 Å². The van der Waals surface area contributed by atoms with Crippen molar-refractivity contribution in [3.05, 3.63) is 54.1 Å². The first-order valence-electron chi connectivity index (χ1n) is 18.9. The Labute approximate surface area is 328 Å². The van der Waals surface area contributed by atoms with E-state index in [1.807, 2.05) is 18.5 Å². The Bertz CT molecular complexity index is 1420. The molecule has 1 aliphatic heterocycles. The number of rotatable bonds is 24. The number of methoxy groups -OCH3 is 1. The van der Waals surface area contributed by atoms with E-state index in [1.165, 1.54) is 12.7 Å². The number of carbonyl (C=O) groups is 2. The van der Waals surface area contributed by atoms with E-state index in [0.29, 0.717) is 65.9 Å². The van der Waals surface area contributed by atoms with E-state index in [9.17, 15) is 9.59 Å². The van der Waals surface area contributed by atoms with Crippen molar-refractivity contribution in [1.82, 2.24) is 20.3 Å². The zero-order valence-corrected chi connectivity index (χ0v) is 34.5. The van der Waals surface area contributed by atoms with Crippen molar-refractivity contribution in [3.8, 4) is 22.5 Å². The van der Waals surface area contributed by atoms with Gasteiger partial charge >= 0.3 is 8.60 Å². The minimum atomic E-state index is -1.71. The SMILES string of the molecule is CC.CO.COCCOCCOCCOCCn1nnc2c1-c1ccccc1CN(C)c1ccccc1-2.COP(O)OCCCCCCNC(=O)CCC=O. The molecule has 1 aromatic heterocycles. The molecule has 15 nitrogen and oxygen atoms in total. The lowest BCUT2D eigenvalue weighted by Crippen LogP contribution is -2.24. The fraction of sp³-hybridized carbons (Fsp3) is 0.590. The van der Waals surface area contributed by atoms with Crippen molar-refractivity contribution in [3.63, 3.8) is 0 Å². The number of nitrogens with one attached hydrogen (secondary N) is 1. The van der Waals surface area contributed by atoms with Crippen molar-refractivity contribution in [2.75, 3.05) is 92.7 Å². The second kappa shape index (κ2) is 32.8. The predicted molar refractivity (Wildman–Crippen MR) is 216 cm³/mol. The van der Waals surface area contributed by atoms with E-state index in [4.69, 9.17) is 33.5 Å². The van der Waals surface area contributed by atoms with Crippen LogP contribution in [0.2, 0.25) is 0 Å². The molecule has 3 N–H and O–H groups in total. The number of aldehydes is 1. The zero-order chi connectivity index (χ0) is 40.5. The molecule has 0 fully saturated rings. The summed E-state index contributed by atoms with van der Waals surface area (Å²) in [4.78, 5) is 32.4. The second-order valence-electron chi connectivity index (χ2n) is 11.6. The van der Waals surface area contributed by atoms with Crippen molar-refractivity contribution < 1.29 is 47.6 Å². The van der Waals surface area contributed by atoms with Gasteiger partial charge in [-0.2, -0.15) is 0 Å². The summed E-state index contributed by atoms with van der Waals surface area (Å²) in [5, 5.41) is 18.8. The van der Waals surface area contributed by atoms with Crippen molar-refractivity contribution in [2.45, 2.75) is 65.5 Å². The van der Waals surface area contributed by atoms with Crippen LogP contribution in [0.3, 0.4) is 0 Å². The molecule has 16 heteroatoms. The number of amides is 1. The van der Waals surface area contributed by atoms with Crippen LogP contribution >= 0.6 is 8.60 Å². The van der Waals surface area contributed by atoms with Crippen LogP contribution in [0.1, 0.15) is 57.9 Å². The molecule has 0 bridgehead atoms. The molecule has 2 heterocycles. The van der Waals surface area contributed by atoms with Gasteiger partial charge in [-0.1, -0.05) is 74.4 Å². The first-order chi connectivity index (χ1) is 27.0. The number of hydrogen-bond donors (Lipinski definition) is 3. The fourth-order valence-electron chi connectivity index (χ4n) is 5.27. The average molecular weight is 794 g/mol. The Kier molecular flexibility index (Phi) is 29.6. The van der Waals surface area contributed by atoms with Gasteiger partial charge in [-0.25, -0.2) is 4.68 Å². The highest BCUT2D eigenvalue weighted by Crippen LogP contribution is 2.40. The average Bonchev–Trinajstić information content (AvgIpc) is 3.64. The molecule has 0 saturated carbocycles. The monoisotopic (exact) mass is 793 g/mol. The van der Waals surface area contributed by atoms with Gasteiger partial charge in [0.05, 0.1) is 65.1 Å². The van der Waals surface area contributed by atoms with Gasteiger partial charge < -0.3 is 53.0 Å². The Hall–Kier alpha value is -3.37. The van der Waals surface area contributed by atoms with Gasteiger partial charge in [0, 0.05) is 71.1 Å². The van der Waals surface area contributed by atoms with E-state index in [2.05, 4.69) is 80.6 Å². The van der Waals surface area contributed by atoms with E-state index >= 15 is 0 Å². The number of para-hydroxylation sites is 1. The quantitative estimate of drug-likeness (QED) is 0.0597. The lowest BCUT2D eigenvalue weighted by molar-refractivity contribution is -0.122. The molecular formula is C39H64N5O10P. The van der Waals surface area contributed by atoms with E-state index in [-0.39, 0.29) is 18.7 Å². The van der Waals surface area contributed by atoms with Gasteiger partial charge in [-0.05, 0) is 24.5 Å². The van der Waals surface area contributed by atoms with Gasteiger partial charge in [-0.3, -0.25) is 4.79 Å². The van der Waals surface area contributed by atoms with Crippen molar-refractivity contribution >= 4 is 26.5 Å². The number of unbranched alkanes of at least 4 members (excludes halogenated alkanes) is 3. The maximum absolute atomic E-state index is 11.1. The number of hydrogen-bond acceptors (Lipinski definition) is 13. The van der Waals surface area contributed by atoms with Gasteiger partial charge in [0.15, 0.2) is 0 Å². The molecule has 0 spiro atoms. The summed E-state index contributed by atoms with van der Waals surface area (Å²) >= 11 is 0. The van der Waals surface area contributed by atoms with E-state index in [0.717, 1.165) is 73.8 Å². The summed E-state index contributed by atoms with van der Waals surface area (Å²) in [7, 11) is 4.47. The maximum atomic E-state index is 11.1. The summed E-state index contributed by atoms with van der Waals surface area (Å²) in [6.07, 6.45) is 5.05. The Morgan fingerprint density at radius 3 is 2.15 bits per heavy atom. The number of aromatic nitrogens is 3. The third-order valence-corrected chi connectivity index (χ3v) is 8.57. The zero-order valence-electron chi connectivity index (χ0n) is 33.6. The second-order valence-corrected chi connectivity index (χ2v) is 12.7. The number of carbonyl (C=O) groups excluding carboxylic acids is 2. The van der Waals surface area contributed by atoms with Crippen LogP contribution in [-0.2, 0) is 50.7 Å². The van der Waals surface area contributed by atoms with Gasteiger partial charge in [0.1, 0.15) is 12.0 Å². The third-order valence-electron chi connectivity index (χ3n) is 7.85. The van der Waals surface area contributed by atoms with Crippen LogP contribution in [0.5, 0.6) is 0 Å². The molecule has 310 valence electrons. The van der Waals surface area contributed by atoms with Gasteiger partial charge in [-0.15, -0.1) is 5.10 Å². The number of nitrogens with zero attached hydrogens (tertiary/aromatic N) is 4. The standard InChI is InChI=1S/C25H32N4O4.C11H22NO5P.C2H6.CH4O/c1-28-19-20-7-3-4-8-21(20)25-24(22-9-5-6-10-23(22)28)26-27-29(25)11-12-31-15-16-33-18-17-32-14-13-30-2;1-16-18(15)17-10-5-3-2-4-8-12-11(14)7-6-9-13;2*1-2/h3-10H,11-19H2,1-2H3;9,15H,2-8,10H2,1H3,(H,12,14);1-2H3;2H,1H3. The lowest BCUT2D eigenvalue weighted by atomic mass is 9.96. The first kappa shape index (κ1) is 49.6. The Balaban J connectivity index is 0.000000587. The Morgan fingerprint density at radius 2 is 1.47 bits per heavy atom. The fourth-order valence-corrected chi connectivity index (χ4v) is 5.66. The number of aliphatic hydroxyl groups is 1. The number of aliphatic hydroxyl groups excluding tert-OH is 1. The van der Waals surface area contributed by atoms with Crippen molar-refractivity contribution in [2.24, 2.45) is 0 Å². The molecule has 0 radical (unpaired) electrons. The summed E-state index contributed by atoms with van der Waals surface area (Å²) in [6.45, 7) is 10.5. The largest absolute Gasteiger partial charge is 0.400 e. The topological polar surface area (TPSA) is 176 Å². The molecule has 2 aromatic carbocycles. The van der Waals surface area contributed by atoms with Crippen LogP contribution in [0.4, 0.5) is 5.69 Å². The molecule has 0 aliphatic carbocycles. The summed E-state index contributed by atoms with van der Waals surface area (Å²) in [6, 6.07) is 16.8. The highest BCUT2D eigenvalue weighted by molar-refractivity contribution is 7.40. The Morgan fingerprint density at radius 1 is 0.855 bits per heavy atom.